The Labute approximate surface area is 126 Å². The fourth-order valence-corrected chi connectivity index (χ4v) is 0. The summed E-state index contributed by atoms with van der Waals surface area (Å²) in [4.78, 5) is 62.0. The van der Waals surface area contributed by atoms with Gasteiger partial charge >= 0.3 is 16.8 Å². The molecule has 0 atom stereocenters. The summed E-state index contributed by atoms with van der Waals surface area (Å²) in [6.07, 6.45) is 0. The molecule has 0 bridgehead atoms. The maximum absolute atomic E-state index is 7.75. The second kappa shape index (κ2) is 1200. The van der Waals surface area contributed by atoms with Crippen LogP contribution >= 0.6 is 0 Å². The van der Waals surface area contributed by atoms with E-state index in [9.17, 15) is 0 Å². The van der Waals surface area contributed by atoms with Gasteiger partial charge in [-0.1, -0.05) is 0 Å². The maximum Gasteiger partial charge on any atom is 3.00 e. The van der Waals surface area contributed by atoms with Gasteiger partial charge in [-0.3, -0.25) is 54.3 Å². The van der Waals surface area contributed by atoms with Crippen molar-refractivity contribution < 1.29 is 71.9 Å². The summed E-state index contributed by atoms with van der Waals surface area (Å²) in [5, 5.41) is 0. The summed E-state index contributed by atoms with van der Waals surface area (Å²) < 4.78 is 0. The Morgan fingerprint density at radius 1 is 0.278 bits per heavy atom. The molecule has 0 N–H and O–H groups in total. The van der Waals surface area contributed by atoms with Gasteiger partial charge in [-0.2, -0.15) is 0 Å². The van der Waals surface area contributed by atoms with Gasteiger partial charge in [-0.15, -0.1) is 0 Å². The Morgan fingerprint density at radius 3 is 0.278 bits per heavy atom. The Morgan fingerprint density at radius 2 is 0.278 bits per heavy atom. The normalized spacial score (nSPS) is 1.78. The Kier molecular flexibility index (Phi) is 6350. The molecule has 0 aliphatic rings. The first kappa shape index (κ1) is 95.3. The van der Waals surface area contributed by atoms with E-state index in [-0.39, 0.29) is 33.6 Å². The van der Waals surface area contributed by atoms with Crippen LogP contribution in [0.3, 0.4) is 0 Å². The molecule has 1 radical (unpaired) electrons. The van der Waals surface area contributed by atoms with E-state index in [1.165, 1.54) is 0 Å². The average molecular weight is 350 g/mol. The van der Waals surface area contributed by atoms with Gasteiger partial charge < -0.3 is 38.4 Å². The van der Waals surface area contributed by atoms with E-state index in [1.54, 1.807) is 0 Å². The van der Waals surface area contributed by atoms with Crippen molar-refractivity contribution in [3.8, 4) is 0 Å². The molecule has 0 aromatic carbocycles. The van der Waals surface area contributed by atoms with E-state index in [0.29, 0.717) is 0 Å². The van der Waals surface area contributed by atoms with Crippen LogP contribution in [0.25, 0.3) is 0 Å². The van der Waals surface area contributed by atoms with Crippen molar-refractivity contribution in [2.75, 3.05) is 0 Å². The zero-order chi connectivity index (χ0) is 16.0. The molecule has 0 aliphatic carbocycles. The minimum atomic E-state index is 0. The second-order valence-electron chi connectivity index (χ2n) is 0. The van der Waals surface area contributed by atoms with E-state index >= 15 is 0 Å². The second-order valence-corrected chi connectivity index (χ2v) is 0. The average Bonchev–Trinajstić information content (AvgIpc) is 2.54. The van der Waals surface area contributed by atoms with Crippen molar-refractivity contribution >= 4 is 54.3 Å². The summed E-state index contributed by atoms with van der Waals surface area (Å²) >= 11 is 0. The molecule has 0 spiro atoms. The molecule has 10 heteroatoms. The largest absolute Gasteiger partial charge is 3.00 e. The number of carbonyl (C=O) groups excluding carboxylic acids is 8. The third-order valence-electron chi connectivity index (χ3n) is 0. The monoisotopic (exact) mass is 350 g/mol. The molecule has 18 heavy (non-hydrogen) atoms. The van der Waals surface area contributed by atoms with Crippen molar-refractivity contribution in [2.45, 2.75) is 0 Å². The third kappa shape index (κ3) is 971. The predicted molar refractivity (Wildman–Crippen MR) is 54.0 cm³/mol. The molecule has 0 unspecified atom stereocenters. The van der Waals surface area contributed by atoms with E-state index in [1.807, 2.05) is 0 Å². The van der Waals surface area contributed by atoms with Crippen LogP contribution < -0.4 is 0 Å². The SMILES string of the molecule is [CH-]=O.[CH-]=O.[CH-]=O.[CH-]=O.[CH-]=O.[CH-]=O.[CH-]=O.[CH-]=O.[Co+3].[Co]. The van der Waals surface area contributed by atoms with Gasteiger partial charge in [0.25, 0.3) is 0 Å². The van der Waals surface area contributed by atoms with Gasteiger partial charge in [0, 0.05) is 16.8 Å². The fraction of sp³-hybridized carbons (Fsp3) is 0. The van der Waals surface area contributed by atoms with Crippen LogP contribution in [-0.4, -0.2) is 54.3 Å². The molecular formula is C8H8Co2O8-5. The van der Waals surface area contributed by atoms with Gasteiger partial charge in [-0.05, 0) is 0 Å². The van der Waals surface area contributed by atoms with Crippen molar-refractivity contribution in [3.05, 3.63) is 0 Å². The number of rotatable bonds is 0. The molecule has 0 fully saturated rings. The van der Waals surface area contributed by atoms with Gasteiger partial charge in [0.15, 0.2) is 0 Å². The summed E-state index contributed by atoms with van der Waals surface area (Å²) in [5.74, 6) is 0. The molecule has 0 saturated carbocycles. The molecule has 0 aromatic heterocycles. The maximum atomic E-state index is 7.75. The van der Waals surface area contributed by atoms with Crippen LogP contribution in [0.1, 0.15) is 0 Å². The van der Waals surface area contributed by atoms with Crippen molar-refractivity contribution in [1.29, 1.82) is 0 Å². The van der Waals surface area contributed by atoms with Crippen LogP contribution in [-0.2, 0) is 71.9 Å². The smallest absolute Gasteiger partial charge is 0.545 e. The zero-order valence-electron chi connectivity index (χ0n) is 8.55. The predicted octanol–water partition coefficient (Wildman–Crippen LogP) is -2.20. The molecule has 0 saturated heterocycles. The van der Waals surface area contributed by atoms with E-state index in [2.05, 4.69) is 54.3 Å². The van der Waals surface area contributed by atoms with Crippen LogP contribution in [0.2, 0.25) is 0 Å². The molecule has 111 valence electrons. The first-order chi connectivity index (χ1) is 8.00. The van der Waals surface area contributed by atoms with Gasteiger partial charge in [0.2, 0.25) is 0 Å². The Balaban J connectivity index is -0.00000000500. The van der Waals surface area contributed by atoms with Gasteiger partial charge in [0.05, 0.1) is 0 Å². The fourth-order valence-electron chi connectivity index (χ4n) is 0. The third-order valence-corrected chi connectivity index (χ3v) is 0. The summed E-state index contributed by atoms with van der Waals surface area (Å²) in [7, 11) is 0. The molecule has 0 aliphatic heterocycles. The van der Waals surface area contributed by atoms with Crippen molar-refractivity contribution in [1.82, 2.24) is 0 Å². The quantitative estimate of drug-likeness (QED) is 0.355. The topological polar surface area (TPSA) is 137 Å². The number of hydrogen-bond acceptors (Lipinski definition) is 8. The molecule has 0 heterocycles. The van der Waals surface area contributed by atoms with E-state index in [4.69, 9.17) is 38.4 Å². The van der Waals surface area contributed by atoms with E-state index in [0.717, 1.165) is 0 Å². The van der Waals surface area contributed by atoms with Gasteiger partial charge in [0.1, 0.15) is 0 Å². The Hall–Kier alpha value is -1.63. The summed E-state index contributed by atoms with van der Waals surface area (Å²) in [6, 6.07) is 0. The summed E-state index contributed by atoms with van der Waals surface area (Å²) in [6.45, 7) is 26.0. The van der Waals surface area contributed by atoms with Crippen molar-refractivity contribution in [3.63, 3.8) is 0 Å². The van der Waals surface area contributed by atoms with Crippen LogP contribution in [0.15, 0.2) is 0 Å². The van der Waals surface area contributed by atoms with Crippen LogP contribution in [0, 0.1) is 0 Å². The zero-order valence-corrected chi connectivity index (χ0v) is 10.6. The number of hydrogen-bond donors (Lipinski definition) is 0. The van der Waals surface area contributed by atoms with Gasteiger partial charge in [-0.25, -0.2) is 0 Å². The van der Waals surface area contributed by atoms with Crippen LogP contribution in [0.5, 0.6) is 0 Å². The minimum absolute atomic E-state index is 0. The van der Waals surface area contributed by atoms with Crippen LogP contribution in [0.4, 0.5) is 0 Å². The summed E-state index contributed by atoms with van der Waals surface area (Å²) in [5.41, 5.74) is 0. The molecular weight excluding hydrogens is 342 g/mol. The Bertz CT molecular complexity index is 49.1. The molecule has 8 nitrogen and oxygen atoms in total. The first-order valence-electron chi connectivity index (χ1n) is 1.89. The molecule has 0 aromatic rings. The first-order valence-corrected chi connectivity index (χ1v) is 1.89. The minimum Gasteiger partial charge on any atom is -0.545 e. The molecule has 0 amide bonds. The molecule has 0 rings (SSSR count). The standard InChI is InChI=1S/8CHO.2Co/c8*1-2;;/h8*1H;;/q8*-1;;+3. The van der Waals surface area contributed by atoms with Crippen molar-refractivity contribution in [2.24, 2.45) is 0 Å². The van der Waals surface area contributed by atoms with E-state index < -0.39 is 0 Å².